The molecule has 3 aromatic carbocycles. The van der Waals surface area contributed by atoms with Crippen LogP contribution in [0.1, 0.15) is 25.3 Å². The first-order valence-corrected chi connectivity index (χ1v) is 12.8. The Hall–Kier alpha value is -3.43. The third-order valence-corrected chi connectivity index (χ3v) is 9.11. The molecule has 0 aliphatic carbocycles. The summed E-state index contributed by atoms with van der Waals surface area (Å²) in [5.74, 6) is -1.69. The van der Waals surface area contributed by atoms with Crippen molar-refractivity contribution in [1.29, 1.82) is 0 Å². The molecule has 0 bridgehead atoms. The summed E-state index contributed by atoms with van der Waals surface area (Å²) in [6, 6.07) is 18.6. The largest absolute Gasteiger partial charge is 0.481 e. The van der Waals surface area contributed by atoms with Crippen molar-refractivity contribution in [2.45, 2.75) is 36.0 Å². The molecule has 1 amide bonds. The normalized spacial score (nSPS) is 17.6. The second-order valence-corrected chi connectivity index (χ2v) is 11.7. The van der Waals surface area contributed by atoms with E-state index in [1.54, 1.807) is 49.4 Å². The Bertz CT molecular complexity index is 1400. The number of piperidine rings is 1. The summed E-state index contributed by atoms with van der Waals surface area (Å²) in [6.45, 7) is 1.83. The Kier molecular flexibility index (Phi) is 6.33. The van der Waals surface area contributed by atoms with Crippen molar-refractivity contribution in [3.63, 3.8) is 0 Å². The maximum atomic E-state index is 14.0. The summed E-state index contributed by atoms with van der Waals surface area (Å²) < 4.78 is 28.0. The van der Waals surface area contributed by atoms with E-state index in [1.807, 2.05) is 12.1 Å². The van der Waals surface area contributed by atoms with E-state index < -0.39 is 32.0 Å². The van der Waals surface area contributed by atoms with Gasteiger partial charge in [-0.2, -0.15) is 0 Å². The van der Waals surface area contributed by atoms with Gasteiger partial charge < -0.3 is 21.5 Å². The number of nitrogens with two attached hydrogens (primary N) is 2. The molecule has 0 unspecified atom stereocenters. The third kappa shape index (κ3) is 4.49. The van der Waals surface area contributed by atoms with Crippen LogP contribution < -0.4 is 11.5 Å². The van der Waals surface area contributed by atoms with Crippen LogP contribution in [0.4, 0.5) is 5.69 Å². The molecule has 1 heterocycles. The Balaban J connectivity index is 1.76. The number of carboxylic acid groups (broad SMARTS) is 1. The lowest BCUT2D eigenvalue weighted by molar-refractivity contribution is -0.153. The zero-order chi connectivity index (χ0) is 25.4. The van der Waals surface area contributed by atoms with Crippen molar-refractivity contribution in [3.8, 4) is 0 Å². The number of sulfone groups is 1. The van der Waals surface area contributed by atoms with Gasteiger partial charge in [-0.3, -0.25) is 9.59 Å². The zero-order valence-corrected chi connectivity index (χ0v) is 20.3. The van der Waals surface area contributed by atoms with Gasteiger partial charge in [0.25, 0.3) is 5.91 Å². The highest BCUT2D eigenvalue weighted by molar-refractivity contribution is 7.93. The fraction of sp³-hybridized carbons (Fsp3) is 0.308. The van der Waals surface area contributed by atoms with Gasteiger partial charge in [0.15, 0.2) is 0 Å². The maximum absolute atomic E-state index is 14.0. The van der Waals surface area contributed by atoms with Crippen LogP contribution in [0, 0.1) is 5.41 Å². The Labute approximate surface area is 204 Å². The highest BCUT2D eigenvalue weighted by Gasteiger charge is 2.51. The first-order valence-electron chi connectivity index (χ1n) is 11.4. The van der Waals surface area contributed by atoms with Gasteiger partial charge in [0, 0.05) is 25.2 Å². The fourth-order valence-electron chi connectivity index (χ4n) is 4.52. The second-order valence-electron chi connectivity index (χ2n) is 9.48. The number of hydrogen-bond acceptors (Lipinski definition) is 6. The van der Waals surface area contributed by atoms with Gasteiger partial charge in [-0.15, -0.1) is 0 Å². The van der Waals surface area contributed by atoms with E-state index in [-0.39, 0.29) is 37.2 Å². The molecule has 8 nitrogen and oxygen atoms in total. The van der Waals surface area contributed by atoms with Crippen molar-refractivity contribution in [2.24, 2.45) is 11.1 Å². The standard InChI is InChI=1S/C26H29N3O5S/c1-25(24(31)32)11-13-29(14-12-25)23(30)26(28,17-18-5-4-8-21(27)15-18)35(33,34)22-10-9-19-6-2-3-7-20(19)16-22/h2-10,15-16H,11-14,17,27-28H2,1H3,(H,31,32)/t26-/m1/s1. The molecule has 3 aromatic rings. The van der Waals surface area contributed by atoms with Crippen LogP contribution >= 0.6 is 0 Å². The Morgan fingerprint density at radius 1 is 1.00 bits per heavy atom. The van der Waals surface area contributed by atoms with Crippen LogP contribution in [-0.4, -0.2) is 48.3 Å². The maximum Gasteiger partial charge on any atom is 0.309 e. The minimum atomic E-state index is -4.37. The zero-order valence-electron chi connectivity index (χ0n) is 19.5. The molecular weight excluding hydrogens is 466 g/mol. The van der Waals surface area contributed by atoms with E-state index in [0.717, 1.165) is 5.39 Å². The van der Waals surface area contributed by atoms with E-state index >= 15 is 0 Å². The number of nitrogen functional groups attached to an aromatic ring is 1. The predicted molar refractivity (Wildman–Crippen MR) is 134 cm³/mol. The van der Waals surface area contributed by atoms with Crippen molar-refractivity contribution in [1.82, 2.24) is 4.90 Å². The van der Waals surface area contributed by atoms with Crippen LogP contribution in [0.2, 0.25) is 0 Å². The minimum absolute atomic E-state index is 0.0525. The van der Waals surface area contributed by atoms with E-state index in [4.69, 9.17) is 11.5 Å². The number of anilines is 1. The van der Waals surface area contributed by atoms with Gasteiger partial charge in [-0.05, 0) is 60.4 Å². The molecular formula is C26H29N3O5S. The predicted octanol–water partition coefficient (Wildman–Crippen LogP) is 2.81. The second kappa shape index (κ2) is 8.98. The van der Waals surface area contributed by atoms with Crippen LogP contribution in [0.3, 0.4) is 0 Å². The van der Waals surface area contributed by atoms with E-state index in [9.17, 15) is 23.1 Å². The van der Waals surface area contributed by atoms with Gasteiger partial charge in [-0.1, -0.05) is 42.5 Å². The van der Waals surface area contributed by atoms with E-state index in [1.165, 1.54) is 17.0 Å². The van der Waals surface area contributed by atoms with Gasteiger partial charge in [0.05, 0.1) is 10.3 Å². The van der Waals surface area contributed by atoms with Crippen LogP contribution in [0.15, 0.2) is 71.6 Å². The molecule has 0 spiro atoms. The van der Waals surface area contributed by atoms with Crippen LogP contribution in [-0.2, 0) is 25.8 Å². The van der Waals surface area contributed by atoms with Gasteiger partial charge in [-0.25, -0.2) is 8.42 Å². The third-order valence-electron chi connectivity index (χ3n) is 6.96. The number of carboxylic acids is 1. The summed E-state index contributed by atoms with van der Waals surface area (Å²) in [6.07, 6.45) is 0.135. The summed E-state index contributed by atoms with van der Waals surface area (Å²) in [7, 11) is -4.37. The lowest BCUT2D eigenvalue weighted by Gasteiger charge is -2.40. The number of nitrogens with zero attached hydrogens (tertiary/aromatic N) is 1. The number of aliphatic carboxylic acids is 1. The van der Waals surface area contributed by atoms with Crippen molar-refractivity contribution < 1.29 is 23.1 Å². The number of benzene rings is 3. The summed E-state index contributed by atoms with van der Waals surface area (Å²) in [5, 5.41) is 11.1. The number of carbonyl (C=O) groups excluding carboxylic acids is 1. The quantitative estimate of drug-likeness (QED) is 0.446. The van der Waals surface area contributed by atoms with Gasteiger partial charge in [0.1, 0.15) is 0 Å². The molecule has 35 heavy (non-hydrogen) atoms. The fourth-order valence-corrected chi connectivity index (χ4v) is 6.19. The Morgan fingerprint density at radius 3 is 2.29 bits per heavy atom. The summed E-state index contributed by atoms with van der Waals surface area (Å²) in [4.78, 5) is 24.5. The smallest absolute Gasteiger partial charge is 0.309 e. The van der Waals surface area contributed by atoms with Crippen molar-refractivity contribution in [3.05, 3.63) is 72.3 Å². The SMILES string of the molecule is CC1(C(=O)O)CCN(C(=O)[C@@](N)(Cc2cccc(N)c2)S(=O)(=O)c2ccc3ccccc3c2)CC1. The first kappa shape index (κ1) is 24.7. The van der Waals surface area contributed by atoms with E-state index in [2.05, 4.69) is 0 Å². The molecule has 5 N–H and O–H groups in total. The molecule has 0 saturated carbocycles. The van der Waals surface area contributed by atoms with E-state index in [0.29, 0.717) is 16.6 Å². The molecule has 1 saturated heterocycles. The van der Waals surface area contributed by atoms with Crippen LogP contribution in [0.5, 0.6) is 0 Å². The molecule has 1 atom stereocenters. The van der Waals surface area contributed by atoms with Gasteiger partial charge in [0.2, 0.25) is 14.7 Å². The topological polar surface area (TPSA) is 144 Å². The molecule has 1 aliphatic heterocycles. The number of fused-ring (bicyclic) bond motifs is 1. The molecule has 1 fully saturated rings. The molecule has 0 aromatic heterocycles. The highest BCUT2D eigenvalue weighted by Crippen LogP contribution is 2.35. The number of rotatable bonds is 6. The molecule has 9 heteroatoms. The summed E-state index contributed by atoms with van der Waals surface area (Å²) in [5.41, 5.74) is 12.5. The molecule has 1 aliphatic rings. The number of amides is 1. The summed E-state index contributed by atoms with van der Waals surface area (Å²) >= 11 is 0. The van der Waals surface area contributed by atoms with Gasteiger partial charge >= 0.3 is 5.97 Å². The highest BCUT2D eigenvalue weighted by atomic mass is 32.2. The Morgan fingerprint density at radius 2 is 1.66 bits per heavy atom. The lowest BCUT2D eigenvalue weighted by atomic mass is 9.80. The molecule has 184 valence electrons. The minimum Gasteiger partial charge on any atom is -0.481 e. The molecule has 4 rings (SSSR count). The first-order chi connectivity index (χ1) is 16.5. The number of hydrogen-bond donors (Lipinski definition) is 3. The average Bonchev–Trinajstić information content (AvgIpc) is 2.83. The van der Waals surface area contributed by atoms with Crippen LogP contribution in [0.25, 0.3) is 10.8 Å². The number of carbonyl (C=O) groups is 2. The molecule has 0 radical (unpaired) electrons. The average molecular weight is 496 g/mol. The number of likely N-dealkylation sites (tertiary alicyclic amines) is 1. The van der Waals surface area contributed by atoms with Crippen molar-refractivity contribution >= 4 is 38.2 Å². The lowest BCUT2D eigenvalue weighted by Crippen LogP contribution is -2.63. The monoisotopic (exact) mass is 495 g/mol. The van der Waals surface area contributed by atoms with Crippen molar-refractivity contribution in [2.75, 3.05) is 18.8 Å².